The van der Waals surface area contributed by atoms with E-state index < -0.39 is 0 Å². The normalized spacial score (nSPS) is 24.2. The molecule has 2 aliphatic carbocycles. The van der Waals surface area contributed by atoms with Crippen molar-refractivity contribution < 1.29 is 0 Å². The minimum atomic E-state index is -0.00890. The summed E-state index contributed by atoms with van der Waals surface area (Å²) in [4.78, 5) is 22.0. The van der Waals surface area contributed by atoms with Crippen LogP contribution in [0.2, 0.25) is 0 Å². The van der Waals surface area contributed by atoms with Crippen LogP contribution in [0.25, 0.3) is 11.0 Å². The summed E-state index contributed by atoms with van der Waals surface area (Å²) >= 11 is 0. The lowest BCUT2D eigenvalue weighted by atomic mass is 9.86. The highest BCUT2D eigenvalue weighted by Crippen LogP contribution is 2.34. The van der Waals surface area contributed by atoms with Crippen molar-refractivity contribution in [2.75, 3.05) is 11.1 Å². The van der Waals surface area contributed by atoms with Gasteiger partial charge in [0.2, 0.25) is 5.95 Å². The lowest BCUT2D eigenvalue weighted by molar-refractivity contribution is 0.313. The average Bonchev–Trinajstić information content (AvgIpc) is 2.57. The molecule has 0 spiro atoms. The number of rotatable bonds is 3. The lowest BCUT2D eigenvalue weighted by Crippen LogP contribution is -2.33. The fourth-order valence-corrected chi connectivity index (χ4v) is 4.09. The van der Waals surface area contributed by atoms with E-state index in [-0.39, 0.29) is 11.6 Å². The number of hydrogen-bond acceptors (Lipinski definition) is 5. The first kappa shape index (κ1) is 16.4. The maximum Gasteiger partial charge on any atom is 0.257 e. The van der Waals surface area contributed by atoms with Crippen molar-refractivity contribution in [3.63, 3.8) is 0 Å². The van der Waals surface area contributed by atoms with Gasteiger partial charge in [-0.2, -0.15) is 4.98 Å². The average molecular weight is 341 g/mol. The van der Waals surface area contributed by atoms with Crippen LogP contribution in [-0.2, 0) is 0 Å². The third-order valence-electron chi connectivity index (χ3n) is 6.10. The Labute approximate surface area is 147 Å². The van der Waals surface area contributed by atoms with Gasteiger partial charge in [-0.25, -0.2) is 4.98 Å². The molecule has 2 fully saturated rings. The summed E-state index contributed by atoms with van der Waals surface area (Å²) in [6.45, 7) is 4.08. The fraction of sp³-hybridized carbons (Fsp3) is 0.632. The molecular formula is C19H27N5O. The Balaban J connectivity index is 1.78. The number of nitrogens with two attached hydrogens (primary N) is 1. The molecule has 0 unspecified atom stereocenters. The van der Waals surface area contributed by atoms with Crippen LogP contribution in [0, 0.1) is 12.8 Å². The molecule has 6 heteroatoms. The molecule has 0 bridgehead atoms. The second-order valence-corrected chi connectivity index (χ2v) is 7.74. The van der Waals surface area contributed by atoms with Gasteiger partial charge in [0.1, 0.15) is 0 Å². The monoisotopic (exact) mass is 341 g/mol. The van der Waals surface area contributed by atoms with Crippen LogP contribution in [0.15, 0.2) is 11.0 Å². The maximum absolute atomic E-state index is 12.8. The van der Waals surface area contributed by atoms with Crippen LogP contribution in [0.3, 0.4) is 0 Å². The zero-order chi connectivity index (χ0) is 17.6. The molecule has 0 saturated heterocycles. The fourth-order valence-electron chi connectivity index (χ4n) is 4.09. The van der Waals surface area contributed by atoms with Crippen LogP contribution in [0.1, 0.15) is 63.5 Å². The number of aromatic nitrogens is 3. The SMILES string of the molecule is Cc1c(N)c2cnc(N[C@@H]3CCCC[C@H]3C)nc2n(C2CCC2)c1=O. The second-order valence-electron chi connectivity index (χ2n) is 7.74. The molecule has 0 radical (unpaired) electrons. The van der Waals surface area contributed by atoms with Crippen LogP contribution in [0.4, 0.5) is 11.6 Å². The molecule has 4 rings (SSSR count). The molecule has 2 aliphatic rings. The summed E-state index contributed by atoms with van der Waals surface area (Å²) in [5, 5.41) is 4.28. The lowest BCUT2D eigenvalue weighted by Gasteiger charge is -2.31. The number of pyridine rings is 1. The van der Waals surface area contributed by atoms with E-state index in [1.165, 1.54) is 19.3 Å². The van der Waals surface area contributed by atoms with Gasteiger partial charge in [0.15, 0.2) is 5.65 Å². The Morgan fingerprint density at radius 1 is 1.20 bits per heavy atom. The Kier molecular flexibility index (Phi) is 4.13. The molecule has 0 aliphatic heterocycles. The molecule has 134 valence electrons. The van der Waals surface area contributed by atoms with E-state index in [9.17, 15) is 4.79 Å². The number of hydrogen-bond donors (Lipinski definition) is 2. The largest absolute Gasteiger partial charge is 0.398 e. The molecule has 2 aromatic rings. The van der Waals surface area contributed by atoms with Gasteiger partial charge < -0.3 is 11.1 Å². The quantitative estimate of drug-likeness (QED) is 0.893. The van der Waals surface area contributed by atoms with Gasteiger partial charge in [0, 0.05) is 23.8 Å². The summed E-state index contributed by atoms with van der Waals surface area (Å²) < 4.78 is 1.85. The van der Waals surface area contributed by atoms with E-state index in [0.29, 0.717) is 34.8 Å². The highest BCUT2D eigenvalue weighted by atomic mass is 16.1. The van der Waals surface area contributed by atoms with E-state index in [4.69, 9.17) is 10.7 Å². The van der Waals surface area contributed by atoms with Crippen molar-refractivity contribution >= 4 is 22.7 Å². The van der Waals surface area contributed by atoms with Gasteiger partial charge in [0.25, 0.3) is 5.56 Å². The number of nitrogens with zero attached hydrogens (tertiary/aromatic N) is 3. The molecular weight excluding hydrogens is 314 g/mol. The van der Waals surface area contributed by atoms with E-state index in [1.807, 2.05) is 4.57 Å². The molecule has 2 heterocycles. The predicted molar refractivity (Wildman–Crippen MR) is 101 cm³/mol. The molecule has 25 heavy (non-hydrogen) atoms. The molecule has 2 aromatic heterocycles. The topological polar surface area (TPSA) is 85.8 Å². The molecule has 2 atom stereocenters. The highest BCUT2D eigenvalue weighted by molar-refractivity contribution is 5.89. The Morgan fingerprint density at radius 2 is 1.96 bits per heavy atom. The molecule has 6 nitrogen and oxygen atoms in total. The summed E-state index contributed by atoms with van der Waals surface area (Å²) in [7, 11) is 0. The zero-order valence-electron chi connectivity index (χ0n) is 15.1. The van der Waals surface area contributed by atoms with Crippen LogP contribution in [-0.4, -0.2) is 20.6 Å². The number of fused-ring (bicyclic) bond motifs is 1. The summed E-state index contributed by atoms with van der Waals surface area (Å²) in [6.07, 6.45) is 9.93. The van der Waals surface area contributed by atoms with Gasteiger partial charge >= 0.3 is 0 Å². The van der Waals surface area contributed by atoms with Gasteiger partial charge in [-0.15, -0.1) is 0 Å². The third-order valence-corrected chi connectivity index (χ3v) is 6.10. The highest BCUT2D eigenvalue weighted by Gasteiger charge is 2.26. The van der Waals surface area contributed by atoms with Crippen LogP contribution >= 0.6 is 0 Å². The first-order chi connectivity index (χ1) is 12.1. The van der Waals surface area contributed by atoms with E-state index in [1.54, 1.807) is 13.1 Å². The summed E-state index contributed by atoms with van der Waals surface area (Å²) in [6, 6.07) is 0.642. The van der Waals surface area contributed by atoms with Gasteiger partial charge in [0.05, 0.1) is 11.1 Å². The Bertz CT molecular complexity index is 855. The van der Waals surface area contributed by atoms with Crippen LogP contribution in [0.5, 0.6) is 0 Å². The van der Waals surface area contributed by atoms with Crippen molar-refractivity contribution in [3.8, 4) is 0 Å². The van der Waals surface area contributed by atoms with Crippen molar-refractivity contribution in [1.82, 2.24) is 14.5 Å². The minimum Gasteiger partial charge on any atom is -0.398 e. The number of nitrogens with one attached hydrogen (secondary N) is 1. The third kappa shape index (κ3) is 2.77. The van der Waals surface area contributed by atoms with E-state index >= 15 is 0 Å². The summed E-state index contributed by atoms with van der Waals surface area (Å²) in [5.41, 5.74) is 7.97. The van der Waals surface area contributed by atoms with Gasteiger partial charge in [-0.3, -0.25) is 9.36 Å². The standard InChI is InChI=1S/C19H27N5O/c1-11-6-3-4-9-15(11)22-19-21-10-14-16(20)12(2)18(25)24(17(14)23-19)13-7-5-8-13/h10-11,13,15H,3-9,20H2,1-2H3,(H,21,22,23)/t11-,15-/m1/s1. The van der Waals surface area contributed by atoms with Crippen molar-refractivity contribution in [2.24, 2.45) is 5.92 Å². The Morgan fingerprint density at radius 3 is 2.64 bits per heavy atom. The van der Waals surface area contributed by atoms with Crippen molar-refractivity contribution in [3.05, 3.63) is 22.1 Å². The second kappa shape index (κ2) is 6.32. The first-order valence-electron chi connectivity index (χ1n) is 9.50. The van der Waals surface area contributed by atoms with Crippen molar-refractivity contribution in [1.29, 1.82) is 0 Å². The molecule has 2 saturated carbocycles. The number of nitrogen functional groups attached to an aromatic ring is 1. The zero-order valence-corrected chi connectivity index (χ0v) is 15.1. The van der Waals surface area contributed by atoms with E-state index in [2.05, 4.69) is 17.2 Å². The predicted octanol–water partition coefficient (Wildman–Crippen LogP) is 3.40. The van der Waals surface area contributed by atoms with Crippen LogP contribution < -0.4 is 16.6 Å². The summed E-state index contributed by atoms with van der Waals surface area (Å²) in [5.74, 6) is 1.23. The first-order valence-corrected chi connectivity index (χ1v) is 9.50. The van der Waals surface area contributed by atoms with E-state index in [0.717, 1.165) is 31.1 Å². The molecule has 0 amide bonds. The van der Waals surface area contributed by atoms with Crippen molar-refractivity contribution in [2.45, 2.75) is 70.9 Å². The molecule has 3 N–H and O–H groups in total. The molecule has 0 aromatic carbocycles. The number of anilines is 2. The Hall–Kier alpha value is -2.11. The van der Waals surface area contributed by atoms with Gasteiger partial charge in [-0.1, -0.05) is 19.8 Å². The minimum absolute atomic E-state index is 0.00890. The maximum atomic E-state index is 12.8. The smallest absolute Gasteiger partial charge is 0.257 e. The van der Waals surface area contributed by atoms with Gasteiger partial charge in [-0.05, 0) is 44.9 Å².